The van der Waals surface area contributed by atoms with Crippen molar-refractivity contribution < 1.29 is 9.18 Å². The summed E-state index contributed by atoms with van der Waals surface area (Å²) < 4.78 is 12.7. The van der Waals surface area contributed by atoms with Gasteiger partial charge in [-0.05, 0) is 32.1 Å². The molecule has 0 aliphatic carbocycles. The predicted octanol–water partition coefficient (Wildman–Crippen LogP) is 2.32. The molecule has 1 heterocycles. The maximum Gasteiger partial charge on any atom is 0.252 e. The lowest BCUT2D eigenvalue weighted by Crippen LogP contribution is -2.44. The zero-order valence-corrected chi connectivity index (χ0v) is 12.7. The van der Waals surface area contributed by atoms with Crippen LogP contribution in [0.2, 0.25) is 0 Å². The first-order valence-corrected chi connectivity index (χ1v) is 7.05. The van der Waals surface area contributed by atoms with E-state index >= 15 is 0 Å². The van der Waals surface area contributed by atoms with Gasteiger partial charge >= 0.3 is 0 Å². The summed E-state index contributed by atoms with van der Waals surface area (Å²) in [4.78, 5) is 17.6. The first kappa shape index (κ1) is 16.6. The molecule has 0 aliphatic heterocycles. The van der Waals surface area contributed by atoms with Gasteiger partial charge in [-0.3, -0.25) is 4.79 Å². The quantitative estimate of drug-likeness (QED) is 0.780. The number of pyridine rings is 1. The smallest absolute Gasteiger partial charge is 0.252 e. The SMILES string of the molecule is CCC(CC)C(CNC(=O)c1ccc(F)nc1)N(C)C. The summed E-state index contributed by atoms with van der Waals surface area (Å²) in [5, 5.41) is 2.91. The minimum Gasteiger partial charge on any atom is -0.350 e. The van der Waals surface area contributed by atoms with Crippen LogP contribution in [0.25, 0.3) is 0 Å². The van der Waals surface area contributed by atoms with Crippen LogP contribution >= 0.6 is 0 Å². The largest absolute Gasteiger partial charge is 0.350 e. The van der Waals surface area contributed by atoms with Gasteiger partial charge < -0.3 is 10.2 Å². The number of carbonyl (C=O) groups is 1. The van der Waals surface area contributed by atoms with Crippen molar-refractivity contribution in [1.82, 2.24) is 15.2 Å². The van der Waals surface area contributed by atoms with Crippen LogP contribution in [0.5, 0.6) is 0 Å². The van der Waals surface area contributed by atoms with Gasteiger partial charge in [0.2, 0.25) is 5.95 Å². The highest BCUT2D eigenvalue weighted by atomic mass is 19.1. The van der Waals surface area contributed by atoms with Gasteiger partial charge in [-0.15, -0.1) is 0 Å². The number of hydrogen-bond donors (Lipinski definition) is 1. The molecule has 0 spiro atoms. The molecule has 1 rings (SSSR count). The number of carbonyl (C=O) groups excluding carboxylic acids is 1. The van der Waals surface area contributed by atoms with Crippen LogP contribution in [0.15, 0.2) is 18.3 Å². The lowest BCUT2D eigenvalue weighted by Gasteiger charge is -2.31. The minimum absolute atomic E-state index is 0.213. The van der Waals surface area contributed by atoms with E-state index in [1.807, 2.05) is 14.1 Å². The summed E-state index contributed by atoms with van der Waals surface area (Å²) >= 11 is 0. The van der Waals surface area contributed by atoms with Gasteiger partial charge in [-0.2, -0.15) is 4.39 Å². The fourth-order valence-electron chi connectivity index (χ4n) is 2.41. The Kier molecular flexibility index (Phi) is 6.58. The summed E-state index contributed by atoms with van der Waals surface area (Å²) in [6.45, 7) is 4.91. The number of amides is 1. The van der Waals surface area contributed by atoms with E-state index < -0.39 is 5.95 Å². The molecule has 0 saturated heterocycles. The van der Waals surface area contributed by atoms with E-state index in [4.69, 9.17) is 0 Å². The summed E-state index contributed by atoms with van der Waals surface area (Å²) in [7, 11) is 4.04. The van der Waals surface area contributed by atoms with Crippen LogP contribution in [0, 0.1) is 11.9 Å². The van der Waals surface area contributed by atoms with Gasteiger partial charge in [0.1, 0.15) is 0 Å². The fourth-order valence-corrected chi connectivity index (χ4v) is 2.41. The lowest BCUT2D eigenvalue weighted by atomic mass is 9.93. The molecule has 1 atom stereocenters. The first-order chi connectivity index (χ1) is 9.49. The molecule has 4 nitrogen and oxygen atoms in total. The van der Waals surface area contributed by atoms with Crippen LogP contribution in [0.1, 0.15) is 37.0 Å². The standard InChI is InChI=1S/C15H24FN3O/c1-5-11(6-2)13(19(3)4)10-18-15(20)12-7-8-14(16)17-9-12/h7-9,11,13H,5-6,10H2,1-4H3,(H,18,20). The number of nitrogens with zero attached hydrogens (tertiary/aromatic N) is 2. The van der Waals surface area contributed by atoms with Crippen molar-refractivity contribution in [3.63, 3.8) is 0 Å². The van der Waals surface area contributed by atoms with Crippen molar-refractivity contribution in [3.05, 3.63) is 29.8 Å². The Morgan fingerprint density at radius 1 is 1.35 bits per heavy atom. The maximum absolute atomic E-state index is 12.7. The van der Waals surface area contributed by atoms with Crippen molar-refractivity contribution >= 4 is 5.91 Å². The van der Waals surface area contributed by atoms with Gasteiger partial charge in [-0.1, -0.05) is 26.7 Å². The number of halogens is 1. The van der Waals surface area contributed by atoms with Crippen LogP contribution in [0.3, 0.4) is 0 Å². The Morgan fingerprint density at radius 2 is 2.00 bits per heavy atom. The Morgan fingerprint density at radius 3 is 2.45 bits per heavy atom. The van der Waals surface area contributed by atoms with E-state index in [1.165, 1.54) is 18.3 Å². The molecule has 1 unspecified atom stereocenters. The predicted molar refractivity (Wildman–Crippen MR) is 78.1 cm³/mol. The second kappa shape index (κ2) is 7.94. The van der Waals surface area contributed by atoms with E-state index in [0.717, 1.165) is 12.8 Å². The zero-order chi connectivity index (χ0) is 15.1. The second-order valence-electron chi connectivity index (χ2n) is 5.19. The second-order valence-corrected chi connectivity index (χ2v) is 5.19. The van der Waals surface area contributed by atoms with Crippen LogP contribution in [0.4, 0.5) is 4.39 Å². The maximum atomic E-state index is 12.7. The van der Waals surface area contributed by atoms with Gasteiger partial charge in [-0.25, -0.2) is 4.98 Å². The Bertz CT molecular complexity index is 416. The van der Waals surface area contributed by atoms with Crippen molar-refractivity contribution in [2.75, 3.05) is 20.6 Å². The van der Waals surface area contributed by atoms with E-state index in [2.05, 4.69) is 29.0 Å². The van der Waals surface area contributed by atoms with Crippen molar-refractivity contribution in [2.24, 2.45) is 5.92 Å². The third-order valence-electron chi connectivity index (χ3n) is 3.72. The molecule has 0 aliphatic rings. The molecule has 1 aromatic heterocycles. The highest BCUT2D eigenvalue weighted by Gasteiger charge is 2.21. The molecular formula is C15H24FN3O. The summed E-state index contributed by atoms with van der Waals surface area (Å²) in [6.07, 6.45) is 3.41. The molecule has 0 fully saturated rings. The zero-order valence-electron chi connectivity index (χ0n) is 12.7. The number of rotatable bonds is 7. The van der Waals surface area contributed by atoms with Gasteiger partial charge in [0.05, 0.1) is 5.56 Å². The van der Waals surface area contributed by atoms with Crippen molar-refractivity contribution in [3.8, 4) is 0 Å². The molecule has 0 aromatic carbocycles. The number of aromatic nitrogens is 1. The van der Waals surface area contributed by atoms with Crippen molar-refractivity contribution in [2.45, 2.75) is 32.7 Å². The van der Waals surface area contributed by atoms with Crippen LogP contribution in [-0.4, -0.2) is 42.5 Å². The molecular weight excluding hydrogens is 257 g/mol. The number of hydrogen-bond acceptors (Lipinski definition) is 3. The minimum atomic E-state index is -0.579. The molecule has 0 radical (unpaired) electrons. The average Bonchev–Trinajstić information content (AvgIpc) is 2.43. The van der Waals surface area contributed by atoms with E-state index in [1.54, 1.807) is 0 Å². The summed E-state index contributed by atoms with van der Waals surface area (Å²) in [5.41, 5.74) is 0.383. The van der Waals surface area contributed by atoms with E-state index in [-0.39, 0.29) is 5.91 Å². The van der Waals surface area contributed by atoms with Gasteiger partial charge in [0.25, 0.3) is 5.91 Å². The topological polar surface area (TPSA) is 45.2 Å². The molecule has 112 valence electrons. The van der Waals surface area contributed by atoms with E-state index in [9.17, 15) is 9.18 Å². The molecule has 1 N–H and O–H groups in total. The highest BCUT2D eigenvalue weighted by Crippen LogP contribution is 2.16. The van der Waals surface area contributed by atoms with E-state index in [0.29, 0.717) is 24.1 Å². The number of nitrogens with one attached hydrogen (secondary N) is 1. The molecule has 0 bridgehead atoms. The average molecular weight is 281 g/mol. The monoisotopic (exact) mass is 281 g/mol. The first-order valence-electron chi connectivity index (χ1n) is 7.05. The normalized spacial score (nSPS) is 12.8. The van der Waals surface area contributed by atoms with Crippen LogP contribution in [-0.2, 0) is 0 Å². The third-order valence-corrected chi connectivity index (χ3v) is 3.72. The molecule has 1 aromatic rings. The van der Waals surface area contributed by atoms with Gasteiger partial charge in [0.15, 0.2) is 0 Å². The Balaban J connectivity index is 2.63. The molecule has 0 saturated carbocycles. The third kappa shape index (κ3) is 4.56. The number of likely N-dealkylation sites (N-methyl/N-ethyl adjacent to an activating group) is 1. The molecule has 1 amide bonds. The Labute approximate surface area is 120 Å². The Hall–Kier alpha value is -1.49. The molecule has 20 heavy (non-hydrogen) atoms. The molecule has 5 heteroatoms. The van der Waals surface area contributed by atoms with Gasteiger partial charge in [0, 0.05) is 18.8 Å². The summed E-state index contributed by atoms with van der Waals surface area (Å²) in [6, 6.07) is 2.93. The highest BCUT2D eigenvalue weighted by molar-refractivity contribution is 5.93. The summed E-state index contributed by atoms with van der Waals surface area (Å²) in [5.74, 6) is -0.253. The van der Waals surface area contributed by atoms with Crippen molar-refractivity contribution in [1.29, 1.82) is 0 Å². The fraction of sp³-hybridized carbons (Fsp3) is 0.600. The van der Waals surface area contributed by atoms with Crippen LogP contribution < -0.4 is 5.32 Å². The lowest BCUT2D eigenvalue weighted by molar-refractivity contribution is 0.0928.